The first kappa shape index (κ1) is 17.4. The Labute approximate surface area is 149 Å². The standard InChI is InChI=1S/C20H26N4O/c1-16-2-4-18(5-3-16)22-20(25)23-19-9-14-24(15-10-19)13-8-17-6-11-21-12-7-17/h2-7,11-12,19H,8-10,13-15H2,1H3,(H2,22,23,25). The molecule has 0 spiro atoms. The molecule has 2 heterocycles. The van der Waals surface area contributed by atoms with Gasteiger partial charge in [-0.05, 0) is 56.0 Å². The number of hydrogen-bond donors (Lipinski definition) is 2. The fourth-order valence-corrected chi connectivity index (χ4v) is 3.13. The van der Waals surface area contributed by atoms with Crippen LogP contribution in [0.3, 0.4) is 0 Å². The normalized spacial score (nSPS) is 15.7. The molecule has 2 aromatic rings. The van der Waals surface area contributed by atoms with E-state index in [1.165, 1.54) is 11.1 Å². The number of anilines is 1. The number of hydrogen-bond acceptors (Lipinski definition) is 3. The molecule has 5 nitrogen and oxygen atoms in total. The third-order valence-electron chi connectivity index (χ3n) is 4.70. The molecule has 3 rings (SSSR count). The van der Waals surface area contributed by atoms with E-state index in [0.717, 1.165) is 44.6 Å². The van der Waals surface area contributed by atoms with Crippen molar-refractivity contribution in [3.8, 4) is 0 Å². The van der Waals surface area contributed by atoms with Gasteiger partial charge >= 0.3 is 6.03 Å². The molecule has 0 bridgehead atoms. The smallest absolute Gasteiger partial charge is 0.319 e. The summed E-state index contributed by atoms with van der Waals surface area (Å²) in [6.07, 6.45) is 6.74. The van der Waals surface area contributed by atoms with Crippen LogP contribution >= 0.6 is 0 Å². The predicted molar refractivity (Wildman–Crippen MR) is 101 cm³/mol. The molecule has 1 fully saturated rings. The van der Waals surface area contributed by atoms with Gasteiger partial charge in [0.1, 0.15) is 0 Å². The highest BCUT2D eigenvalue weighted by molar-refractivity contribution is 5.89. The Bertz CT molecular complexity index is 664. The van der Waals surface area contributed by atoms with Gasteiger partial charge in [-0.25, -0.2) is 4.79 Å². The largest absolute Gasteiger partial charge is 0.335 e. The van der Waals surface area contributed by atoms with E-state index in [0.29, 0.717) is 0 Å². The Morgan fingerprint density at radius 1 is 1.12 bits per heavy atom. The molecule has 1 aromatic carbocycles. The van der Waals surface area contributed by atoms with Gasteiger partial charge < -0.3 is 15.5 Å². The Morgan fingerprint density at radius 3 is 2.48 bits per heavy atom. The average molecular weight is 338 g/mol. The van der Waals surface area contributed by atoms with Crippen molar-refractivity contribution in [3.63, 3.8) is 0 Å². The maximum Gasteiger partial charge on any atom is 0.319 e. The minimum Gasteiger partial charge on any atom is -0.335 e. The molecule has 2 amide bonds. The lowest BCUT2D eigenvalue weighted by Gasteiger charge is -2.32. The molecule has 1 aromatic heterocycles. The summed E-state index contributed by atoms with van der Waals surface area (Å²) < 4.78 is 0. The van der Waals surface area contributed by atoms with E-state index >= 15 is 0 Å². The fourth-order valence-electron chi connectivity index (χ4n) is 3.13. The molecule has 5 heteroatoms. The van der Waals surface area contributed by atoms with Gasteiger partial charge in [-0.1, -0.05) is 17.7 Å². The second kappa shape index (κ2) is 8.62. The molecule has 0 radical (unpaired) electrons. The van der Waals surface area contributed by atoms with E-state index < -0.39 is 0 Å². The lowest BCUT2D eigenvalue weighted by atomic mass is 10.0. The molecular weight excluding hydrogens is 312 g/mol. The first-order chi connectivity index (χ1) is 12.2. The van der Waals surface area contributed by atoms with Crippen molar-refractivity contribution >= 4 is 11.7 Å². The van der Waals surface area contributed by atoms with Gasteiger partial charge in [-0.15, -0.1) is 0 Å². The summed E-state index contributed by atoms with van der Waals surface area (Å²) in [5.74, 6) is 0. The molecule has 1 aliphatic heterocycles. The van der Waals surface area contributed by atoms with Crippen molar-refractivity contribution in [2.24, 2.45) is 0 Å². The van der Waals surface area contributed by atoms with Crippen LogP contribution in [0, 0.1) is 6.92 Å². The van der Waals surface area contributed by atoms with Crippen LogP contribution in [-0.2, 0) is 6.42 Å². The van der Waals surface area contributed by atoms with Gasteiger partial charge in [0.15, 0.2) is 0 Å². The number of aryl methyl sites for hydroxylation is 1. The molecule has 0 unspecified atom stereocenters. The second-order valence-corrected chi connectivity index (χ2v) is 6.69. The Hall–Kier alpha value is -2.40. The van der Waals surface area contributed by atoms with Gasteiger partial charge in [-0.3, -0.25) is 4.98 Å². The van der Waals surface area contributed by atoms with Crippen LogP contribution in [0.25, 0.3) is 0 Å². The zero-order valence-corrected chi connectivity index (χ0v) is 14.7. The van der Waals surface area contributed by atoms with E-state index in [4.69, 9.17) is 0 Å². The summed E-state index contributed by atoms with van der Waals surface area (Å²) in [7, 11) is 0. The Morgan fingerprint density at radius 2 is 1.80 bits per heavy atom. The number of likely N-dealkylation sites (tertiary alicyclic amines) is 1. The van der Waals surface area contributed by atoms with Gasteiger partial charge in [0.2, 0.25) is 0 Å². The second-order valence-electron chi connectivity index (χ2n) is 6.69. The van der Waals surface area contributed by atoms with E-state index in [2.05, 4.69) is 32.7 Å². The first-order valence-electron chi connectivity index (χ1n) is 8.94. The van der Waals surface area contributed by atoms with E-state index in [1.807, 2.05) is 43.6 Å². The third-order valence-corrected chi connectivity index (χ3v) is 4.70. The van der Waals surface area contributed by atoms with Crippen LogP contribution in [0.5, 0.6) is 0 Å². The quantitative estimate of drug-likeness (QED) is 0.880. The van der Waals surface area contributed by atoms with Crippen LogP contribution in [0.4, 0.5) is 10.5 Å². The number of pyridine rings is 1. The summed E-state index contributed by atoms with van der Waals surface area (Å²) in [5.41, 5.74) is 3.34. The maximum absolute atomic E-state index is 12.1. The molecule has 1 saturated heterocycles. The van der Waals surface area contributed by atoms with E-state index in [1.54, 1.807) is 0 Å². The zero-order valence-electron chi connectivity index (χ0n) is 14.7. The highest BCUT2D eigenvalue weighted by Crippen LogP contribution is 2.13. The van der Waals surface area contributed by atoms with Crippen molar-refractivity contribution in [1.29, 1.82) is 0 Å². The van der Waals surface area contributed by atoms with Gasteiger partial charge in [0.25, 0.3) is 0 Å². The molecule has 0 aliphatic carbocycles. The van der Waals surface area contributed by atoms with Crippen LogP contribution in [-0.4, -0.2) is 41.6 Å². The molecule has 0 saturated carbocycles. The summed E-state index contributed by atoms with van der Waals surface area (Å²) in [5, 5.41) is 6.00. The minimum absolute atomic E-state index is 0.112. The van der Waals surface area contributed by atoms with Crippen molar-refractivity contribution in [2.45, 2.75) is 32.2 Å². The number of piperidine rings is 1. The average Bonchev–Trinajstić information content (AvgIpc) is 2.64. The number of nitrogens with one attached hydrogen (secondary N) is 2. The molecule has 25 heavy (non-hydrogen) atoms. The predicted octanol–water partition coefficient (Wildman–Crippen LogP) is 3.22. The highest BCUT2D eigenvalue weighted by atomic mass is 16.2. The SMILES string of the molecule is Cc1ccc(NC(=O)NC2CCN(CCc3ccncc3)CC2)cc1. The van der Waals surface area contributed by atoms with E-state index in [-0.39, 0.29) is 12.1 Å². The summed E-state index contributed by atoms with van der Waals surface area (Å²) in [6.45, 7) is 5.15. The fraction of sp³-hybridized carbons (Fsp3) is 0.400. The topological polar surface area (TPSA) is 57.3 Å². The van der Waals surface area contributed by atoms with Crippen LogP contribution < -0.4 is 10.6 Å². The molecule has 2 N–H and O–H groups in total. The molecule has 0 atom stereocenters. The maximum atomic E-state index is 12.1. The van der Waals surface area contributed by atoms with Crippen molar-refractivity contribution < 1.29 is 4.79 Å². The number of carbonyl (C=O) groups is 1. The molecule has 1 aliphatic rings. The van der Waals surface area contributed by atoms with Crippen molar-refractivity contribution in [3.05, 3.63) is 59.9 Å². The zero-order chi connectivity index (χ0) is 17.5. The van der Waals surface area contributed by atoms with Gasteiger partial charge in [-0.2, -0.15) is 0 Å². The van der Waals surface area contributed by atoms with Crippen molar-refractivity contribution in [2.75, 3.05) is 25.0 Å². The van der Waals surface area contributed by atoms with Crippen LogP contribution in [0.1, 0.15) is 24.0 Å². The number of aromatic nitrogens is 1. The van der Waals surface area contributed by atoms with Gasteiger partial charge in [0, 0.05) is 43.8 Å². The lowest BCUT2D eigenvalue weighted by molar-refractivity contribution is 0.197. The van der Waals surface area contributed by atoms with Crippen LogP contribution in [0.2, 0.25) is 0 Å². The molecule has 132 valence electrons. The van der Waals surface area contributed by atoms with Gasteiger partial charge in [0.05, 0.1) is 0 Å². The lowest BCUT2D eigenvalue weighted by Crippen LogP contribution is -2.46. The summed E-state index contributed by atoms with van der Waals surface area (Å²) >= 11 is 0. The summed E-state index contributed by atoms with van der Waals surface area (Å²) in [6, 6.07) is 12.1. The number of amides is 2. The number of carbonyl (C=O) groups excluding carboxylic acids is 1. The molecular formula is C20H26N4O. The highest BCUT2D eigenvalue weighted by Gasteiger charge is 2.20. The third kappa shape index (κ3) is 5.57. The van der Waals surface area contributed by atoms with Crippen LogP contribution in [0.15, 0.2) is 48.8 Å². The number of rotatable bonds is 5. The minimum atomic E-state index is -0.112. The Balaban J connectivity index is 1.37. The number of nitrogens with zero attached hydrogens (tertiary/aromatic N) is 2. The number of urea groups is 1. The summed E-state index contributed by atoms with van der Waals surface area (Å²) in [4.78, 5) is 18.6. The first-order valence-corrected chi connectivity index (χ1v) is 8.94. The Kier molecular flexibility index (Phi) is 6.01. The van der Waals surface area contributed by atoms with E-state index in [9.17, 15) is 4.79 Å². The van der Waals surface area contributed by atoms with Crippen molar-refractivity contribution in [1.82, 2.24) is 15.2 Å². The number of benzene rings is 1. The monoisotopic (exact) mass is 338 g/mol.